The van der Waals surface area contributed by atoms with E-state index in [0.717, 1.165) is 26.2 Å². The van der Waals surface area contributed by atoms with Gasteiger partial charge in [-0.25, -0.2) is 0 Å². The maximum Gasteiger partial charge on any atom is 0.236 e. The summed E-state index contributed by atoms with van der Waals surface area (Å²) in [6.45, 7) is 8.92. The third kappa shape index (κ3) is 3.42. The van der Waals surface area contributed by atoms with Gasteiger partial charge in [-0.2, -0.15) is 0 Å². The van der Waals surface area contributed by atoms with Gasteiger partial charge in [-0.05, 0) is 33.1 Å². The van der Waals surface area contributed by atoms with Crippen LogP contribution in [0.3, 0.4) is 0 Å². The standard InChI is InChI=1S/C13H25N3O/c1-11-9-15(8-6-14-11)10-13(17)16-7-4-3-5-12(16)2/h11-12,14H,3-10H2,1-2H3/t11-,12?/m0/s1. The molecule has 1 N–H and O–H groups in total. The lowest BCUT2D eigenvalue weighted by Crippen LogP contribution is -2.53. The Bertz CT molecular complexity index is 269. The molecular formula is C13H25N3O. The molecule has 0 spiro atoms. The van der Waals surface area contributed by atoms with Crippen LogP contribution in [0.25, 0.3) is 0 Å². The minimum absolute atomic E-state index is 0.325. The van der Waals surface area contributed by atoms with Crippen molar-refractivity contribution < 1.29 is 4.79 Å². The van der Waals surface area contributed by atoms with Crippen molar-refractivity contribution in [1.29, 1.82) is 0 Å². The second-order valence-electron chi connectivity index (χ2n) is 5.52. The van der Waals surface area contributed by atoms with Gasteiger partial charge in [0.15, 0.2) is 0 Å². The Kier molecular flexibility index (Phi) is 4.40. The minimum atomic E-state index is 0.325. The third-order valence-corrected chi connectivity index (χ3v) is 3.94. The van der Waals surface area contributed by atoms with Crippen LogP contribution in [0.15, 0.2) is 0 Å². The Morgan fingerprint density at radius 3 is 2.82 bits per heavy atom. The van der Waals surface area contributed by atoms with Crippen molar-refractivity contribution in [2.45, 2.75) is 45.2 Å². The molecule has 2 heterocycles. The molecule has 2 aliphatic rings. The highest BCUT2D eigenvalue weighted by Gasteiger charge is 2.25. The van der Waals surface area contributed by atoms with Gasteiger partial charge in [-0.3, -0.25) is 9.69 Å². The average Bonchev–Trinajstić information content (AvgIpc) is 2.29. The van der Waals surface area contributed by atoms with E-state index >= 15 is 0 Å². The first-order valence-electron chi connectivity index (χ1n) is 6.92. The topological polar surface area (TPSA) is 35.6 Å². The molecule has 2 saturated heterocycles. The van der Waals surface area contributed by atoms with E-state index in [0.29, 0.717) is 24.5 Å². The van der Waals surface area contributed by atoms with Crippen LogP contribution in [0, 0.1) is 0 Å². The van der Waals surface area contributed by atoms with E-state index in [1.807, 2.05) is 0 Å². The van der Waals surface area contributed by atoms with Gasteiger partial charge in [-0.15, -0.1) is 0 Å². The largest absolute Gasteiger partial charge is 0.339 e. The Hall–Kier alpha value is -0.610. The third-order valence-electron chi connectivity index (χ3n) is 3.94. The fourth-order valence-corrected chi connectivity index (χ4v) is 2.91. The summed E-state index contributed by atoms with van der Waals surface area (Å²) in [7, 11) is 0. The number of carbonyl (C=O) groups is 1. The number of nitrogens with one attached hydrogen (secondary N) is 1. The number of hydrogen-bond donors (Lipinski definition) is 1. The van der Waals surface area contributed by atoms with Crippen molar-refractivity contribution >= 4 is 5.91 Å². The average molecular weight is 239 g/mol. The second kappa shape index (κ2) is 5.83. The highest BCUT2D eigenvalue weighted by atomic mass is 16.2. The van der Waals surface area contributed by atoms with Crippen LogP contribution in [0.4, 0.5) is 0 Å². The molecular weight excluding hydrogens is 214 g/mol. The van der Waals surface area contributed by atoms with Crippen molar-refractivity contribution in [2.75, 3.05) is 32.7 Å². The number of piperazine rings is 1. The molecule has 0 aromatic carbocycles. The number of likely N-dealkylation sites (tertiary alicyclic amines) is 1. The van der Waals surface area contributed by atoms with Gasteiger partial charge >= 0.3 is 0 Å². The van der Waals surface area contributed by atoms with Gasteiger partial charge in [0, 0.05) is 38.3 Å². The van der Waals surface area contributed by atoms with E-state index in [1.165, 1.54) is 19.3 Å². The fraction of sp³-hybridized carbons (Fsp3) is 0.923. The lowest BCUT2D eigenvalue weighted by molar-refractivity contribution is -0.135. The Morgan fingerprint density at radius 2 is 2.12 bits per heavy atom. The maximum atomic E-state index is 12.2. The number of rotatable bonds is 2. The lowest BCUT2D eigenvalue weighted by Gasteiger charge is -2.37. The SMILES string of the molecule is CC1CCCCN1C(=O)CN1CCN[C@@H](C)C1. The first kappa shape index (κ1) is 12.8. The molecule has 1 amide bonds. The molecule has 0 saturated carbocycles. The highest BCUT2D eigenvalue weighted by Crippen LogP contribution is 2.16. The predicted octanol–water partition coefficient (Wildman–Crippen LogP) is 0.681. The smallest absolute Gasteiger partial charge is 0.236 e. The molecule has 4 nitrogen and oxygen atoms in total. The summed E-state index contributed by atoms with van der Waals surface area (Å²) in [5, 5.41) is 3.41. The van der Waals surface area contributed by atoms with Crippen LogP contribution in [0.5, 0.6) is 0 Å². The number of nitrogens with zero attached hydrogens (tertiary/aromatic N) is 2. The zero-order valence-corrected chi connectivity index (χ0v) is 11.1. The fourth-order valence-electron chi connectivity index (χ4n) is 2.91. The number of amides is 1. The first-order valence-corrected chi connectivity index (χ1v) is 6.92. The van der Waals surface area contributed by atoms with Gasteiger partial charge in [0.1, 0.15) is 0 Å². The van der Waals surface area contributed by atoms with Crippen LogP contribution in [0.1, 0.15) is 33.1 Å². The summed E-state index contributed by atoms with van der Waals surface area (Å²) in [6.07, 6.45) is 3.62. The van der Waals surface area contributed by atoms with Gasteiger partial charge in [0.2, 0.25) is 5.91 Å². The summed E-state index contributed by atoms with van der Waals surface area (Å²) in [4.78, 5) is 16.6. The Labute approximate surface area is 104 Å². The van der Waals surface area contributed by atoms with Crippen LogP contribution in [-0.4, -0.2) is 60.5 Å². The van der Waals surface area contributed by atoms with E-state index < -0.39 is 0 Å². The van der Waals surface area contributed by atoms with E-state index in [1.54, 1.807) is 0 Å². The first-order chi connectivity index (χ1) is 8.16. The molecule has 2 rings (SSSR count). The van der Waals surface area contributed by atoms with E-state index in [9.17, 15) is 4.79 Å². The van der Waals surface area contributed by atoms with E-state index in [2.05, 4.69) is 29.0 Å². The Balaban J connectivity index is 1.83. The van der Waals surface area contributed by atoms with Crippen LogP contribution in [-0.2, 0) is 4.79 Å². The molecule has 2 fully saturated rings. The zero-order valence-electron chi connectivity index (χ0n) is 11.1. The summed E-state index contributed by atoms with van der Waals surface area (Å²) in [5.41, 5.74) is 0. The number of piperidine rings is 1. The lowest BCUT2D eigenvalue weighted by atomic mass is 10.0. The molecule has 2 aliphatic heterocycles. The minimum Gasteiger partial charge on any atom is -0.339 e. The van der Waals surface area contributed by atoms with Gasteiger partial charge in [0.05, 0.1) is 6.54 Å². The molecule has 2 atom stereocenters. The molecule has 0 bridgehead atoms. The summed E-state index contributed by atoms with van der Waals surface area (Å²) >= 11 is 0. The monoisotopic (exact) mass is 239 g/mol. The van der Waals surface area contributed by atoms with Gasteiger partial charge < -0.3 is 10.2 Å². The molecule has 0 aliphatic carbocycles. The normalized spacial score (nSPS) is 31.5. The van der Waals surface area contributed by atoms with Gasteiger partial charge in [0.25, 0.3) is 0 Å². The molecule has 4 heteroatoms. The van der Waals surface area contributed by atoms with Crippen molar-refractivity contribution in [3.63, 3.8) is 0 Å². The molecule has 98 valence electrons. The summed E-state index contributed by atoms with van der Waals surface area (Å²) in [5.74, 6) is 0.325. The number of hydrogen-bond acceptors (Lipinski definition) is 3. The van der Waals surface area contributed by atoms with Crippen LogP contribution >= 0.6 is 0 Å². The van der Waals surface area contributed by atoms with E-state index in [-0.39, 0.29) is 0 Å². The van der Waals surface area contributed by atoms with E-state index in [4.69, 9.17) is 0 Å². The molecule has 0 radical (unpaired) electrons. The molecule has 1 unspecified atom stereocenters. The van der Waals surface area contributed by atoms with Crippen molar-refractivity contribution in [3.05, 3.63) is 0 Å². The zero-order chi connectivity index (χ0) is 12.3. The summed E-state index contributed by atoms with van der Waals surface area (Å²) < 4.78 is 0. The van der Waals surface area contributed by atoms with Crippen molar-refractivity contribution in [3.8, 4) is 0 Å². The molecule has 0 aromatic rings. The van der Waals surface area contributed by atoms with Crippen molar-refractivity contribution in [2.24, 2.45) is 0 Å². The highest BCUT2D eigenvalue weighted by molar-refractivity contribution is 5.78. The summed E-state index contributed by atoms with van der Waals surface area (Å²) in [6, 6.07) is 0.951. The van der Waals surface area contributed by atoms with Crippen molar-refractivity contribution in [1.82, 2.24) is 15.1 Å². The quantitative estimate of drug-likeness (QED) is 0.770. The maximum absolute atomic E-state index is 12.2. The van der Waals surface area contributed by atoms with Crippen LogP contribution in [0.2, 0.25) is 0 Å². The van der Waals surface area contributed by atoms with Crippen LogP contribution < -0.4 is 5.32 Å². The molecule has 0 aromatic heterocycles. The Morgan fingerprint density at radius 1 is 1.29 bits per heavy atom. The second-order valence-corrected chi connectivity index (χ2v) is 5.52. The molecule has 17 heavy (non-hydrogen) atoms. The van der Waals surface area contributed by atoms with Gasteiger partial charge in [-0.1, -0.05) is 0 Å². The predicted molar refractivity (Wildman–Crippen MR) is 68.9 cm³/mol. The number of carbonyl (C=O) groups excluding carboxylic acids is 1.